The fourth-order valence-corrected chi connectivity index (χ4v) is 3.78. The highest BCUT2D eigenvalue weighted by molar-refractivity contribution is 5.94. The molecular weight excluding hydrogens is 366 g/mol. The maximum absolute atomic E-state index is 12.8. The predicted octanol–water partition coefficient (Wildman–Crippen LogP) is 2.58. The van der Waals surface area contributed by atoms with Crippen molar-refractivity contribution in [3.8, 4) is 0 Å². The van der Waals surface area contributed by atoms with Gasteiger partial charge in [-0.05, 0) is 52.7 Å². The summed E-state index contributed by atoms with van der Waals surface area (Å²) in [5.41, 5.74) is 3.16. The van der Waals surface area contributed by atoms with Gasteiger partial charge in [0.05, 0.1) is 12.0 Å². The summed E-state index contributed by atoms with van der Waals surface area (Å²) in [4.78, 5) is 40.3. The molecule has 0 spiro atoms. The first-order valence-corrected chi connectivity index (χ1v) is 10.2. The SMILES string of the molecule is Cc1nc(C2CCCN(C(=O)c3cccnc3)C2)nc(C)c1CC(=O)NC(C)C. The first-order chi connectivity index (χ1) is 13.8. The Bertz CT molecular complexity index is 859. The van der Waals surface area contributed by atoms with Crippen molar-refractivity contribution < 1.29 is 9.59 Å². The average molecular weight is 396 g/mol. The molecule has 1 unspecified atom stereocenters. The number of nitrogens with zero attached hydrogens (tertiary/aromatic N) is 4. The average Bonchev–Trinajstić information content (AvgIpc) is 2.70. The summed E-state index contributed by atoms with van der Waals surface area (Å²) in [6.45, 7) is 9.07. The van der Waals surface area contributed by atoms with E-state index in [9.17, 15) is 9.59 Å². The van der Waals surface area contributed by atoms with E-state index in [-0.39, 0.29) is 30.2 Å². The second kappa shape index (κ2) is 9.11. The van der Waals surface area contributed by atoms with Crippen molar-refractivity contribution >= 4 is 11.8 Å². The number of carbonyl (C=O) groups excluding carboxylic acids is 2. The molecule has 0 aliphatic carbocycles. The number of likely N-dealkylation sites (tertiary alicyclic amines) is 1. The van der Waals surface area contributed by atoms with E-state index in [1.165, 1.54) is 0 Å². The monoisotopic (exact) mass is 395 g/mol. The molecule has 1 fully saturated rings. The van der Waals surface area contributed by atoms with Gasteiger partial charge in [-0.3, -0.25) is 14.6 Å². The number of aromatic nitrogens is 3. The summed E-state index contributed by atoms with van der Waals surface area (Å²) >= 11 is 0. The largest absolute Gasteiger partial charge is 0.354 e. The Morgan fingerprint density at radius 1 is 1.24 bits per heavy atom. The Morgan fingerprint density at radius 2 is 1.97 bits per heavy atom. The fourth-order valence-electron chi connectivity index (χ4n) is 3.78. The summed E-state index contributed by atoms with van der Waals surface area (Å²) in [5, 5.41) is 2.91. The lowest BCUT2D eigenvalue weighted by atomic mass is 9.95. The van der Waals surface area contributed by atoms with Gasteiger partial charge in [0.1, 0.15) is 5.82 Å². The summed E-state index contributed by atoms with van der Waals surface area (Å²) in [5.74, 6) is 0.837. The molecule has 7 heteroatoms. The van der Waals surface area contributed by atoms with Crippen LogP contribution in [0.4, 0.5) is 0 Å². The number of rotatable bonds is 5. The van der Waals surface area contributed by atoms with Crippen LogP contribution in [0.15, 0.2) is 24.5 Å². The molecule has 1 atom stereocenters. The van der Waals surface area contributed by atoms with Crippen LogP contribution >= 0.6 is 0 Å². The van der Waals surface area contributed by atoms with Crippen molar-refractivity contribution in [2.75, 3.05) is 13.1 Å². The van der Waals surface area contributed by atoms with Crippen LogP contribution in [0.3, 0.4) is 0 Å². The zero-order chi connectivity index (χ0) is 21.0. The Labute approximate surface area is 172 Å². The smallest absolute Gasteiger partial charge is 0.255 e. The van der Waals surface area contributed by atoms with Crippen molar-refractivity contribution in [2.24, 2.45) is 0 Å². The molecule has 2 aromatic rings. The maximum Gasteiger partial charge on any atom is 0.255 e. The van der Waals surface area contributed by atoms with E-state index in [1.807, 2.05) is 32.6 Å². The minimum Gasteiger partial charge on any atom is -0.354 e. The van der Waals surface area contributed by atoms with Crippen LogP contribution in [0, 0.1) is 13.8 Å². The third kappa shape index (κ3) is 5.16. The quantitative estimate of drug-likeness (QED) is 0.841. The van der Waals surface area contributed by atoms with E-state index in [4.69, 9.17) is 9.97 Å². The third-order valence-electron chi connectivity index (χ3n) is 5.21. The summed E-state index contributed by atoms with van der Waals surface area (Å²) in [6, 6.07) is 3.67. The third-order valence-corrected chi connectivity index (χ3v) is 5.21. The van der Waals surface area contributed by atoms with Crippen molar-refractivity contribution in [1.29, 1.82) is 0 Å². The number of amides is 2. The molecule has 29 heavy (non-hydrogen) atoms. The van der Waals surface area contributed by atoms with Gasteiger partial charge in [0, 0.05) is 54.4 Å². The highest BCUT2D eigenvalue weighted by Gasteiger charge is 2.28. The Hall–Kier alpha value is -2.83. The fraction of sp³-hybridized carbons (Fsp3) is 0.500. The second-order valence-corrected chi connectivity index (χ2v) is 7.96. The van der Waals surface area contributed by atoms with Gasteiger partial charge in [-0.2, -0.15) is 0 Å². The standard InChI is InChI=1S/C22H29N5O2/c1-14(2)24-20(28)11-19-15(3)25-21(26-16(19)4)18-8-6-10-27(13-18)22(29)17-7-5-9-23-12-17/h5,7,9,12,14,18H,6,8,10-11,13H2,1-4H3,(H,24,28). The lowest BCUT2D eigenvalue weighted by Gasteiger charge is -2.32. The van der Waals surface area contributed by atoms with E-state index in [0.29, 0.717) is 12.1 Å². The van der Waals surface area contributed by atoms with Crippen LogP contribution in [0.1, 0.15) is 65.7 Å². The highest BCUT2D eigenvalue weighted by atomic mass is 16.2. The number of carbonyl (C=O) groups is 2. The predicted molar refractivity (Wildman–Crippen MR) is 111 cm³/mol. The number of hydrogen-bond acceptors (Lipinski definition) is 5. The van der Waals surface area contributed by atoms with Crippen LogP contribution in [0.25, 0.3) is 0 Å². The zero-order valence-corrected chi connectivity index (χ0v) is 17.6. The maximum atomic E-state index is 12.8. The topological polar surface area (TPSA) is 88.1 Å². The van der Waals surface area contributed by atoms with Crippen LogP contribution < -0.4 is 5.32 Å². The molecule has 0 saturated carbocycles. The molecule has 0 aromatic carbocycles. The summed E-state index contributed by atoms with van der Waals surface area (Å²) in [7, 11) is 0. The molecule has 2 amide bonds. The summed E-state index contributed by atoms with van der Waals surface area (Å²) < 4.78 is 0. The van der Waals surface area contributed by atoms with E-state index < -0.39 is 0 Å². The van der Waals surface area contributed by atoms with Crippen molar-refractivity contribution in [2.45, 2.75) is 58.9 Å². The summed E-state index contributed by atoms with van der Waals surface area (Å²) in [6.07, 6.45) is 5.41. The van der Waals surface area contributed by atoms with Gasteiger partial charge in [-0.25, -0.2) is 9.97 Å². The second-order valence-electron chi connectivity index (χ2n) is 7.96. The van der Waals surface area contributed by atoms with Gasteiger partial charge in [0.25, 0.3) is 5.91 Å². The first kappa shape index (κ1) is 20.9. The molecule has 2 aromatic heterocycles. The van der Waals surface area contributed by atoms with Gasteiger partial charge < -0.3 is 10.2 Å². The number of aryl methyl sites for hydroxylation is 2. The highest BCUT2D eigenvalue weighted by Crippen LogP contribution is 2.27. The van der Waals surface area contributed by atoms with Gasteiger partial charge in [0.15, 0.2) is 0 Å². The van der Waals surface area contributed by atoms with Crippen LogP contribution in [0.5, 0.6) is 0 Å². The molecular formula is C22H29N5O2. The van der Waals surface area contributed by atoms with E-state index in [0.717, 1.165) is 42.2 Å². The minimum atomic E-state index is -0.0199. The molecule has 0 radical (unpaired) electrons. The first-order valence-electron chi connectivity index (χ1n) is 10.2. The van der Waals surface area contributed by atoms with Gasteiger partial charge in [0.2, 0.25) is 5.91 Å². The number of nitrogens with one attached hydrogen (secondary N) is 1. The van der Waals surface area contributed by atoms with Crippen molar-refractivity contribution in [1.82, 2.24) is 25.2 Å². The number of piperidine rings is 1. The molecule has 1 aliphatic rings. The van der Waals surface area contributed by atoms with Crippen LogP contribution in [-0.4, -0.2) is 50.8 Å². The van der Waals surface area contributed by atoms with Crippen molar-refractivity contribution in [3.05, 3.63) is 52.9 Å². The Kier molecular flexibility index (Phi) is 6.56. The molecule has 7 nitrogen and oxygen atoms in total. The molecule has 0 bridgehead atoms. The Balaban J connectivity index is 1.74. The lowest BCUT2D eigenvalue weighted by molar-refractivity contribution is -0.120. The molecule has 3 heterocycles. The molecule has 1 N–H and O–H groups in total. The normalized spacial score (nSPS) is 16.7. The number of hydrogen-bond donors (Lipinski definition) is 1. The molecule has 3 rings (SSSR count). The zero-order valence-electron chi connectivity index (χ0n) is 17.6. The van der Waals surface area contributed by atoms with E-state index in [1.54, 1.807) is 24.5 Å². The molecule has 1 saturated heterocycles. The van der Waals surface area contributed by atoms with Crippen molar-refractivity contribution in [3.63, 3.8) is 0 Å². The van der Waals surface area contributed by atoms with Gasteiger partial charge in [-0.1, -0.05) is 0 Å². The number of pyridine rings is 1. The lowest BCUT2D eigenvalue weighted by Crippen LogP contribution is -2.39. The minimum absolute atomic E-state index is 0.00165. The Morgan fingerprint density at radius 3 is 2.59 bits per heavy atom. The van der Waals surface area contributed by atoms with E-state index >= 15 is 0 Å². The van der Waals surface area contributed by atoms with E-state index in [2.05, 4.69) is 10.3 Å². The van der Waals surface area contributed by atoms with Crippen LogP contribution in [0.2, 0.25) is 0 Å². The van der Waals surface area contributed by atoms with Gasteiger partial charge in [-0.15, -0.1) is 0 Å². The molecule has 1 aliphatic heterocycles. The molecule has 154 valence electrons. The van der Waals surface area contributed by atoms with Gasteiger partial charge >= 0.3 is 0 Å². The van der Waals surface area contributed by atoms with Crippen LogP contribution in [-0.2, 0) is 11.2 Å².